The zero-order valence-electron chi connectivity index (χ0n) is 16.3. The number of unbranched alkanes of at least 4 members (excludes halogenated alkanes) is 1. The van der Waals surface area contributed by atoms with Crippen LogP contribution in [0.1, 0.15) is 57.6 Å². The highest BCUT2D eigenvalue weighted by Gasteiger charge is 2.40. The van der Waals surface area contributed by atoms with Crippen LogP contribution in [-0.2, 0) is 14.2 Å². The second-order valence-electron chi connectivity index (χ2n) is 6.91. The number of aromatic nitrogens is 2. The van der Waals surface area contributed by atoms with Gasteiger partial charge in [0.05, 0.1) is 11.6 Å². The number of ether oxygens (including phenoxy) is 3. The SMILES string of the molecule is CCCCC(CC)Nc1c(C2CC(OC)OC2OC)nc2ccccn12. The molecule has 0 bridgehead atoms. The van der Waals surface area contributed by atoms with Crippen molar-refractivity contribution in [3.63, 3.8) is 0 Å². The van der Waals surface area contributed by atoms with Crippen LogP contribution >= 0.6 is 0 Å². The van der Waals surface area contributed by atoms with Gasteiger partial charge in [-0.1, -0.05) is 32.8 Å². The fourth-order valence-corrected chi connectivity index (χ4v) is 3.67. The van der Waals surface area contributed by atoms with Crippen molar-refractivity contribution < 1.29 is 14.2 Å². The second-order valence-corrected chi connectivity index (χ2v) is 6.91. The fraction of sp³-hybridized carbons (Fsp3) is 0.650. The summed E-state index contributed by atoms with van der Waals surface area (Å²) in [6.07, 6.45) is 6.85. The first-order chi connectivity index (χ1) is 12.7. The lowest BCUT2D eigenvalue weighted by atomic mass is 10.0. The molecule has 3 rings (SSSR count). The topological polar surface area (TPSA) is 57.0 Å². The van der Waals surface area contributed by atoms with Crippen LogP contribution in [0.4, 0.5) is 5.82 Å². The van der Waals surface area contributed by atoms with E-state index in [1.54, 1.807) is 14.2 Å². The van der Waals surface area contributed by atoms with Gasteiger partial charge >= 0.3 is 0 Å². The number of hydrogen-bond donors (Lipinski definition) is 1. The van der Waals surface area contributed by atoms with Crippen LogP contribution in [0.2, 0.25) is 0 Å². The maximum atomic E-state index is 5.85. The van der Waals surface area contributed by atoms with Crippen molar-refractivity contribution in [3.8, 4) is 0 Å². The molecule has 3 heterocycles. The molecular weight excluding hydrogens is 330 g/mol. The average Bonchev–Trinajstić information content (AvgIpc) is 3.26. The van der Waals surface area contributed by atoms with Gasteiger partial charge in [-0.05, 0) is 25.0 Å². The van der Waals surface area contributed by atoms with Gasteiger partial charge in [0, 0.05) is 32.9 Å². The third-order valence-electron chi connectivity index (χ3n) is 5.20. The molecule has 4 atom stereocenters. The van der Waals surface area contributed by atoms with Gasteiger partial charge in [0.25, 0.3) is 0 Å². The molecular formula is C20H31N3O3. The maximum Gasteiger partial charge on any atom is 0.168 e. The van der Waals surface area contributed by atoms with Crippen LogP contribution in [-0.4, -0.2) is 42.2 Å². The summed E-state index contributed by atoms with van der Waals surface area (Å²) in [4.78, 5) is 4.91. The van der Waals surface area contributed by atoms with E-state index in [9.17, 15) is 0 Å². The number of imidazole rings is 1. The second kappa shape index (κ2) is 8.84. The molecule has 0 aromatic carbocycles. The van der Waals surface area contributed by atoms with E-state index < -0.39 is 0 Å². The Morgan fingerprint density at radius 1 is 1.31 bits per heavy atom. The molecule has 1 fully saturated rings. The Labute approximate surface area is 155 Å². The Bertz CT molecular complexity index is 703. The summed E-state index contributed by atoms with van der Waals surface area (Å²) in [7, 11) is 3.34. The molecule has 2 aromatic heterocycles. The first-order valence-corrected chi connectivity index (χ1v) is 9.66. The molecule has 144 valence electrons. The smallest absolute Gasteiger partial charge is 0.168 e. The predicted molar refractivity (Wildman–Crippen MR) is 102 cm³/mol. The standard InChI is InChI=1S/C20H31N3O3/c1-5-7-10-14(6-2)21-19-18(22-16-11-8-9-12-23(16)19)15-13-17(24-3)26-20(15)25-4/h8-9,11-12,14-15,17,20-21H,5-7,10,13H2,1-4H3. The highest BCUT2D eigenvalue weighted by molar-refractivity contribution is 5.57. The Kier molecular flexibility index (Phi) is 6.51. The van der Waals surface area contributed by atoms with E-state index in [0.717, 1.165) is 36.4 Å². The van der Waals surface area contributed by atoms with Gasteiger partial charge < -0.3 is 19.5 Å². The third-order valence-corrected chi connectivity index (χ3v) is 5.20. The van der Waals surface area contributed by atoms with Crippen LogP contribution < -0.4 is 5.32 Å². The van der Waals surface area contributed by atoms with Gasteiger partial charge in [-0.25, -0.2) is 4.98 Å². The third kappa shape index (κ3) is 3.87. The zero-order valence-corrected chi connectivity index (χ0v) is 16.3. The molecule has 0 amide bonds. The summed E-state index contributed by atoms with van der Waals surface area (Å²) in [5, 5.41) is 3.76. The molecule has 0 spiro atoms. The van der Waals surface area contributed by atoms with E-state index in [1.165, 1.54) is 12.8 Å². The fourth-order valence-electron chi connectivity index (χ4n) is 3.67. The highest BCUT2D eigenvalue weighted by Crippen LogP contribution is 2.39. The lowest BCUT2D eigenvalue weighted by Crippen LogP contribution is -2.23. The molecule has 6 heteroatoms. The molecule has 2 aromatic rings. The number of nitrogens with one attached hydrogen (secondary N) is 1. The monoisotopic (exact) mass is 361 g/mol. The minimum atomic E-state index is -0.346. The summed E-state index contributed by atoms with van der Waals surface area (Å²) in [6, 6.07) is 6.51. The highest BCUT2D eigenvalue weighted by atomic mass is 16.8. The van der Waals surface area contributed by atoms with Crippen molar-refractivity contribution in [2.45, 2.75) is 70.5 Å². The molecule has 1 aliphatic heterocycles. The molecule has 0 radical (unpaired) electrons. The first-order valence-electron chi connectivity index (χ1n) is 9.66. The molecule has 6 nitrogen and oxygen atoms in total. The van der Waals surface area contributed by atoms with Crippen LogP contribution in [0.15, 0.2) is 24.4 Å². The number of hydrogen-bond acceptors (Lipinski definition) is 5. The van der Waals surface area contributed by atoms with Gasteiger partial charge in [0.1, 0.15) is 11.5 Å². The van der Waals surface area contributed by atoms with E-state index in [1.807, 2.05) is 18.2 Å². The number of methoxy groups -OCH3 is 2. The van der Waals surface area contributed by atoms with E-state index >= 15 is 0 Å². The first kappa shape index (κ1) is 19.1. The van der Waals surface area contributed by atoms with E-state index in [2.05, 4.69) is 29.8 Å². The number of anilines is 1. The Balaban J connectivity index is 1.96. The molecule has 1 aliphatic rings. The zero-order chi connectivity index (χ0) is 18.5. The molecule has 1 N–H and O–H groups in total. The van der Waals surface area contributed by atoms with E-state index in [-0.39, 0.29) is 18.5 Å². The van der Waals surface area contributed by atoms with Gasteiger partial charge in [0.15, 0.2) is 12.6 Å². The van der Waals surface area contributed by atoms with Gasteiger partial charge in [-0.2, -0.15) is 0 Å². The molecule has 4 unspecified atom stereocenters. The summed E-state index contributed by atoms with van der Waals surface area (Å²) in [5.41, 5.74) is 1.93. The molecule has 1 saturated heterocycles. The Morgan fingerprint density at radius 2 is 2.15 bits per heavy atom. The summed E-state index contributed by atoms with van der Waals surface area (Å²) in [6.45, 7) is 4.46. The normalized spacial score (nSPS) is 24.2. The van der Waals surface area contributed by atoms with Gasteiger partial charge in [0.2, 0.25) is 0 Å². The van der Waals surface area contributed by atoms with Gasteiger partial charge in [-0.3, -0.25) is 4.40 Å². The number of nitrogens with zero attached hydrogens (tertiary/aromatic N) is 2. The van der Waals surface area contributed by atoms with Crippen molar-refractivity contribution in [2.24, 2.45) is 0 Å². The van der Waals surface area contributed by atoms with E-state index in [0.29, 0.717) is 6.04 Å². The van der Waals surface area contributed by atoms with Crippen LogP contribution in [0.5, 0.6) is 0 Å². The summed E-state index contributed by atoms with van der Waals surface area (Å²) in [5.74, 6) is 1.09. The van der Waals surface area contributed by atoms with E-state index in [4.69, 9.17) is 19.2 Å². The minimum Gasteiger partial charge on any atom is -0.367 e. The van der Waals surface area contributed by atoms with Crippen molar-refractivity contribution in [3.05, 3.63) is 30.1 Å². The number of pyridine rings is 1. The Morgan fingerprint density at radius 3 is 2.85 bits per heavy atom. The lowest BCUT2D eigenvalue weighted by Gasteiger charge is -2.21. The molecule has 0 saturated carbocycles. The van der Waals surface area contributed by atoms with Crippen LogP contribution in [0.25, 0.3) is 5.65 Å². The quantitative estimate of drug-likeness (QED) is 0.727. The van der Waals surface area contributed by atoms with Crippen LogP contribution in [0, 0.1) is 0 Å². The molecule has 0 aliphatic carbocycles. The molecule has 26 heavy (non-hydrogen) atoms. The summed E-state index contributed by atoms with van der Waals surface area (Å²) >= 11 is 0. The van der Waals surface area contributed by atoms with Crippen molar-refractivity contribution in [1.29, 1.82) is 0 Å². The lowest BCUT2D eigenvalue weighted by molar-refractivity contribution is -0.188. The Hall–Kier alpha value is -1.63. The number of fused-ring (bicyclic) bond motifs is 1. The minimum absolute atomic E-state index is 0.0380. The van der Waals surface area contributed by atoms with Crippen LogP contribution in [0.3, 0.4) is 0 Å². The predicted octanol–water partition coefficient (Wildman–Crippen LogP) is 4.16. The number of rotatable bonds is 9. The summed E-state index contributed by atoms with van der Waals surface area (Å²) < 4.78 is 19.0. The average molecular weight is 361 g/mol. The van der Waals surface area contributed by atoms with Crippen molar-refractivity contribution in [1.82, 2.24) is 9.38 Å². The van der Waals surface area contributed by atoms with Gasteiger partial charge in [-0.15, -0.1) is 0 Å². The largest absolute Gasteiger partial charge is 0.367 e. The van der Waals surface area contributed by atoms with Crippen molar-refractivity contribution in [2.75, 3.05) is 19.5 Å². The van der Waals surface area contributed by atoms with Crippen molar-refractivity contribution >= 4 is 11.5 Å². The maximum absolute atomic E-state index is 5.85.